The van der Waals surface area contributed by atoms with Crippen molar-refractivity contribution in [3.63, 3.8) is 0 Å². The van der Waals surface area contributed by atoms with E-state index in [9.17, 15) is 26.0 Å². The standard InChI is InChI=1S/C21H22F4O4S/c1-14-2-9-18(10-3-14)30(26,27)28-13-15-4-6-16(7-5-15)17-8-11-20(19(22)12-17)29-21(23,24)25/h2-3,8-12,15-16H,4-7,13H2,1H3/t15-,16-. The van der Waals surface area contributed by atoms with Gasteiger partial charge in [-0.2, -0.15) is 8.42 Å². The molecule has 0 saturated heterocycles. The average Bonchev–Trinajstić information content (AvgIpc) is 2.68. The summed E-state index contributed by atoms with van der Waals surface area (Å²) in [4.78, 5) is 0.110. The highest BCUT2D eigenvalue weighted by Crippen LogP contribution is 2.38. The fraction of sp³-hybridized carbons (Fsp3) is 0.429. The van der Waals surface area contributed by atoms with Crippen LogP contribution in [0.4, 0.5) is 17.6 Å². The molecule has 4 nitrogen and oxygen atoms in total. The van der Waals surface area contributed by atoms with Crippen molar-refractivity contribution in [2.24, 2.45) is 5.92 Å². The molecule has 0 N–H and O–H groups in total. The molecule has 1 fully saturated rings. The summed E-state index contributed by atoms with van der Waals surface area (Å²) < 4.78 is 84.1. The average molecular weight is 446 g/mol. The van der Waals surface area contributed by atoms with Crippen LogP contribution in [0.15, 0.2) is 47.4 Å². The number of rotatable bonds is 6. The summed E-state index contributed by atoms with van der Waals surface area (Å²) in [6, 6.07) is 9.90. The molecular formula is C21H22F4O4S. The topological polar surface area (TPSA) is 52.6 Å². The van der Waals surface area contributed by atoms with Crippen molar-refractivity contribution in [3.05, 3.63) is 59.4 Å². The Labute approximate surface area is 172 Å². The second-order valence-electron chi connectivity index (χ2n) is 7.51. The van der Waals surface area contributed by atoms with Gasteiger partial charge in [0.15, 0.2) is 11.6 Å². The summed E-state index contributed by atoms with van der Waals surface area (Å²) in [7, 11) is -3.82. The van der Waals surface area contributed by atoms with Crippen molar-refractivity contribution < 1.29 is 34.9 Å². The van der Waals surface area contributed by atoms with Gasteiger partial charge in [0.1, 0.15) is 0 Å². The second kappa shape index (κ2) is 8.93. The third-order valence-electron chi connectivity index (χ3n) is 5.27. The highest BCUT2D eigenvalue weighted by atomic mass is 32.2. The molecule has 0 unspecified atom stereocenters. The Morgan fingerprint density at radius 2 is 1.63 bits per heavy atom. The Morgan fingerprint density at radius 1 is 1.00 bits per heavy atom. The van der Waals surface area contributed by atoms with Crippen LogP contribution in [0, 0.1) is 18.7 Å². The van der Waals surface area contributed by atoms with Crippen molar-refractivity contribution in [1.82, 2.24) is 0 Å². The number of alkyl halides is 3. The molecule has 0 aromatic heterocycles. The monoisotopic (exact) mass is 446 g/mol. The van der Waals surface area contributed by atoms with Gasteiger partial charge in [-0.1, -0.05) is 23.8 Å². The maximum absolute atomic E-state index is 13.9. The molecule has 30 heavy (non-hydrogen) atoms. The fourth-order valence-corrected chi connectivity index (χ4v) is 4.58. The lowest BCUT2D eigenvalue weighted by Crippen LogP contribution is -2.20. The fourth-order valence-electron chi connectivity index (χ4n) is 3.60. The molecule has 9 heteroatoms. The van der Waals surface area contributed by atoms with E-state index in [4.69, 9.17) is 4.18 Å². The van der Waals surface area contributed by atoms with Gasteiger partial charge in [0.2, 0.25) is 0 Å². The van der Waals surface area contributed by atoms with E-state index in [-0.39, 0.29) is 23.3 Å². The highest BCUT2D eigenvalue weighted by Gasteiger charge is 2.33. The van der Waals surface area contributed by atoms with E-state index in [2.05, 4.69) is 4.74 Å². The number of hydrogen-bond acceptors (Lipinski definition) is 4. The van der Waals surface area contributed by atoms with E-state index in [1.807, 2.05) is 6.92 Å². The van der Waals surface area contributed by atoms with E-state index < -0.39 is 28.0 Å². The first-order chi connectivity index (χ1) is 14.0. The second-order valence-corrected chi connectivity index (χ2v) is 9.12. The molecule has 0 radical (unpaired) electrons. The predicted octanol–water partition coefficient (Wildman–Crippen LogP) is 5.71. The summed E-state index contributed by atoms with van der Waals surface area (Å²) in [5.74, 6) is -1.88. The van der Waals surface area contributed by atoms with E-state index in [1.165, 1.54) is 18.2 Å². The smallest absolute Gasteiger partial charge is 0.403 e. The molecule has 0 aliphatic heterocycles. The summed E-state index contributed by atoms with van der Waals surface area (Å²) in [6.45, 7) is 1.92. The molecule has 0 spiro atoms. The lowest BCUT2D eigenvalue weighted by Gasteiger charge is -2.28. The highest BCUT2D eigenvalue weighted by molar-refractivity contribution is 7.86. The van der Waals surface area contributed by atoms with Gasteiger partial charge in [-0.3, -0.25) is 4.18 Å². The molecule has 3 rings (SSSR count). The van der Waals surface area contributed by atoms with Gasteiger partial charge >= 0.3 is 6.36 Å². The van der Waals surface area contributed by atoms with Crippen molar-refractivity contribution in [2.45, 2.75) is 49.8 Å². The Hall–Kier alpha value is -2.13. The predicted molar refractivity (Wildman–Crippen MR) is 102 cm³/mol. The van der Waals surface area contributed by atoms with E-state index >= 15 is 0 Å². The van der Waals surface area contributed by atoms with Gasteiger partial charge in [-0.25, -0.2) is 4.39 Å². The van der Waals surface area contributed by atoms with Crippen molar-refractivity contribution in [1.29, 1.82) is 0 Å². The summed E-state index contributed by atoms with van der Waals surface area (Å²) >= 11 is 0. The van der Waals surface area contributed by atoms with E-state index in [0.29, 0.717) is 31.2 Å². The minimum atomic E-state index is -4.95. The molecule has 1 aliphatic carbocycles. The maximum atomic E-state index is 13.9. The van der Waals surface area contributed by atoms with Gasteiger partial charge in [0.25, 0.3) is 10.1 Å². The maximum Gasteiger partial charge on any atom is 0.573 e. The number of ether oxygens (including phenoxy) is 1. The quantitative estimate of drug-likeness (QED) is 0.421. The van der Waals surface area contributed by atoms with Crippen LogP contribution in [0.2, 0.25) is 0 Å². The normalized spacial score (nSPS) is 20.2. The van der Waals surface area contributed by atoms with Crippen LogP contribution >= 0.6 is 0 Å². The summed E-state index contributed by atoms with van der Waals surface area (Å²) in [5.41, 5.74) is 1.55. The molecule has 164 valence electrons. The van der Waals surface area contributed by atoms with Crippen LogP contribution in [0.1, 0.15) is 42.7 Å². The van der Waals surface area contributed by atoms with Gasteiger partial charge in [0.05, 0.1) is 11.5 Å². The van der Waals surface area contributed by atoms with Crippen molar-refractivity contribution in [2.75, 3.05) is 6.61 Å². The van der Waals surface area contributed by atoms with Gasteiger partial charge in [-0.05, 0) is 74.3 Å². The zero-order valence-electron chi connectivity index (χ0n) is 16.3. The van der Waals surface area contributed by atoms with Gasteiger partial charge in [0, 0.05) is 0 Å². The zero-order chi connectivity index (χ0) is 21.9. The molecule has 2 aromatic rings. The molecular weight excluding hydrogens is 424 g/mol. The van der Waals surface area contributed by atoms with Crippen molar-refractivity contribution in [3.8, 4) is 5.75 Å². The minimum absolute atomic E-state index is 0.00982. The summed E-state index contributed by atoms with van der Waals surface area (Å²) in [6.07, 6.45) is -2.26. The molecule has 0 heterocycles. The first-order valence-electron chi connectivity index (χ1n) is 9.55. The largest absolute Gasteiger partial charge is 0.573 e. The van der Waals surface area contributed by atoms with E-state index in [1.54, 1.807) is 12.1 Å². The number of hydrogen-bond donors (Lipinski definition) is 0. The van der Waals surface area contributed by atoms with Crippen LogP contribution in [-0.2, 0) is 14.3 Å². The lowest BCUT2D eigenvalue weighted by molar-refractivity contribution is -0.275. The van der Waals surface area contributed by atoms with Crippen LogP contribution in [0.5, 0.6) is 5.75 Å². The lowest BCUT2D eigenvalue weighted by atomic mass is 9.79. The SMILES string of the molecule is Cc1ccc(S(=O)(=O)OC[C@H]2CC[C@H](c3ccc(OC(F)(F)F)c(F)c3)CC2)cc1. The third kappa shape index (κ3) is 5.95. The zero-order valence-corrected chi connectivity index (χ0v) is 17.1. The molecule has 0 bridgehead atoms. The van der Waals surface area contributed by atoms with Gasteiger partial charge in [-0.15, -0.1) is 13.2 Å². The van der Waals surface area contributed by atoms with E-state index in [0.717, 1.165) is 17.7 Å². The van der Waals surface area contributed by atoms with Crippen LogP contribution in [-0.4, -0.2) is 21.4 Å². The Morgan fingerprint density at radius 3 is 2.20 bits per heavy atom. The summed E-state index contributed by atoms with van der Waals surface area (Å²) in [5, 5.41) is 0. The van der Waals surface area contributed by atoms with Crippen LogP contribution < -0.4 is 4.74 Å². The number of aryl methyl sites for hydroxylation is 1. The molecule has 0 atom stereocenters. The Balaban J connectivity index is 1.53. The molecule has 1 aliphatic rings. The van der Waals surface area contributed by atoms with Crippen LogP contribution in [0.3, 0.4) is 0 Å². The van der Waals surface area contributed by atoms with Crippen molar-refractivity contribution >= 4 is 10.1 Å². The van der Waals surface area contributed by atoms with Crippen LogP contribution in [0.25, 0.3) is 0 Å². The third-order valence-corrected chi connectivity index (χ3v) is 6.56. The Kier molecular flexibility index (Phi) is 6.71. The molecule has 2 aromatic carbocycles. The minimum Gasteiger partial charge on any atom is -0.403 e. The molecule has 1 saturated carbocycles. The first-order valence-corrected chi connectivity index (χ1v) is 11.0. The van der Waals surface area contributed by atoms with Gasteiger partial charge < -0.3 is 4.74 Å². The first kappa shape index (κ1) is 22.6. The number of benzene rings is 2. The number of halogens is 4. The molecule has 0 amide bonds. The Bertz CT molecular complexity index is 963.